The van der Waals surface area contributed by atoms with Crippen molar-refractivity contribution in [3.05, 3.63) is 89.9 Å². The van der Waals surface area contributed by atoms with E-state index in [-0.39, 0.29) is 18.6 Å². The Balaban J connectivity index is 1.41. The first kappa shape index (κ1) is 19.9. The molecule has 1 unspecified atom stereocenters. The molecule has 0 spiro atoms. The highest BCUT2D eigenvalue weighted by Crippen LogP contribution is 2.33. The van der Waals surface area contributed by atoms with Crippen LogP contribution in [0.5, 0.6) is 0 Å². The molecule has 8 nitrogen and oxygen atoms in total. The number of nitrogens with one attached hydrogen (secondary N) is 1. The maximum Gasteiger partial charge on any atom is 0.255 e. The van der Waals surface area contributed by atoms with Gasteiger partial charge in [0.05, 0.1) is 30.2 Å². The number of carbonyl (C=O) groups excluding carboxylic acids is 1. The predicted molar refractivity (Wildman–Crippen MR) is 120 cm³/mol. The van der Waals surface area contributed by atoms with E-state index in [0.29, 0.717) is 23.8 Å². The van der Waals surface area contributed by atoms with Gasteiger partial charge in [-0.05, 0) is 23.3 Å². The molecule has 3 heterocycles. The van der Waals surface area contributed by atoms with E-state index in [1.54, 1.807) is 22.0 Å². The van der Waals surface area contributed by atoms with Crippen molar-refractivity contribution in [2.45, 2.75) is 12.6 Å². The fourth-order valence-corrected chi connectivity index (χ4v) is 3.99. The van der Waals surface area contributed by atoms with Gasteiger partial charge in [-0.2, -0.15) is 5.10 Å². The largest absolute Gasteiger partial charge is 0.394 e. The quantitative estimate of drug-likeness (QED) is 0.491. The Labute approximate surface area is 185 Å². The number of amides is 1. The number of aliphatic hydroxyl groups is 1. The summed E-state index contributed by atoms with van der Waals surface area (Å²) in [7, 11) is 1.84. The molecule has 2 N–H and O–H groups in total. The van der Waals surface area contributed by atoms with Crippen LogP contribution >= 0.6 is 0 Å². The molecule has 0 saturated carbocycles. The molecule has 4 aromatic rings. The van der Waals surface area contributed by atoms with Crippen molar-refractivity contribution < 1.29 is 9.90 Å². The Morgan fingerprint density at radius 3 is 2.75 bits per heavy atom. The average Bonchev–Trinajstić information content (AvgIpc) is 3.38. The number of nitrogens with zero attached hydrogens (tertiary/aromatic N) is 5. The summed E-state index contributed by atoms with van der Waals surface area (Å²) in [4.78, 5) is 23.8. The van der Waals surface area contributed by atoms with Crippen molar-refractivity contribution in [2.75, 3.05) is 11.9 Å². The lowest BCUT2D eigenvalue weighted by Gasteiger charge is -2.26. The van der Waals surface area contributed by atoms with Gasteiger partial charge in [-0.15, -0.1) is 0 Å². The molecule has 5 rings (SSSR count). The maximum atomic E-state index is 13.2. The van der Waals surface area contributed by atoms with Gasteiger partial charge in [-0.3, -0.25) is 9.48 Å². The molecule has 0 bridgehead atoms. The van der Waals surface area contributed by atoms with Crippen LogP contribution in [-0.2, 0) is 13.6 Å². The normalized spacial score (nSPS) is 13.8. The van der Waals surface area contributed by atoms with Crippen molar-refractivity contribution in [1.29, 1.82) is 0 Å². The number of aryl methyl sites for hydroxylation is 1. The smallest absolute Gasteiger partial charge is 0.255 e. The molecule has 0 aliphatic carbocycles. The van der Waals surface area contributed by atoms with Gasteiger partial charge in [0, 0.05) is 37.1 Å². The van der Waals surface area contributed by atoms with E-state index in [9.17, 15) is 9.90 Å². The van der Waals surface area contributed by atoms with Gasteiger partial charge >= 0.3 is 0 Å². The molecule has 1 amide bonds. The van der Waals surface area contributed by atoms with E-state index in [2.05, 4.69) is 20.4 Å². The summed E-state index contributed by atoms with van der Waals surface area (Å²) in [6.07, 6.45) is 5.21. The Bertz CT molecular complexity index is 1270. The summed E-state index contributed by atoms with van der Waals surface area (Å²) in [5.74, 6) is 0.362. The Morgan fingerprint density at radius 1 is 1.16 bits per heavy atom. The fraction of sp³-hybridized carbons (Fsp3) is 0.167. The molecule has 8 heteroatoms. The lowest BCUT2D eigenvalue weighted by atomic mass is 10.0. The molecule has 1 aliphatic heterocycles. The second kappa shape index (κ2) is 8.24. The van der Waals surface area contributed by atoms with Gasteiger partial charge < -0.3 is 15.3 Å². The summed E-state index contributed by atoms with van der Waals surface area (Å²) in [5.41, 5.74) is 4.82. The molecule has 0 radical (unpaired) electrons. The van der Waals surface area contributed by atoms with Crippen LogP contribution in [0.4, 0.5) is 11.6 Å². The second-order valence-electron chi connectivity index (χ2n) is 7.71. The molecule has 2 aromatic heterocycles. The van der Waals surface area contributed by atoms with Gasteiger partial charge in [-0.25, -0.2) is 9.97 Å². The molecule has 0 fully saturated rings. The van der Waals surface area contributed by atoms with Crippen molar-refractivity contribution in [3.8, 4) is 11.3 Å². The average molecular weight is 426 g/mol. The predicted octanol–water partition coefficient (Wildman–Crippen LogP) is 3.31. The number of hydrogen-bond donors (Lipinski definition) is 2. The first-order chi connectivity index (χ1) is 15.6. The standard InChI is InChI=1S/C24H22N6O2/c1-29-14-19(12-26-29)27-24-25-10-9-21(28-24)17-7-8-18-13-30(23(32)20(18)11-17)22(15-31)16-5-3-2-4-6-16/h2-12,14,22,31H,13,15H2,1H3,(H,25,27,28). The Morgan fingerprint density at radius 2 is 2.00 bits per heavy atom. The molecule has 32 heavy (non-hydrogen) atoms. The summed E-state index contributed by atoms with van der Waals surface area (Å²) >= 11 is 0. The van der Waals surface area contributed by atoms with E-state index in [4.69, 9.17) is 0 Å². The number of anilines is 2. The zero-order valence-electron chi connectivity index (χ0n) is 17.5. The van der Waals surface area contributed by atoms with Crippen molar-refractivity contribution in [2.24, 2.45) is 7.05 Å². The topological polar surface area (TPSA) is 96.2 Å². The first-order valence-electron chi connectivity index (χ1n) is 10.3. The molecular formula is C24H22N6O2. The number of benzene rings is 2. The number of rotatable bonds is 6. The number of fused-ring (bicyclic) bond motifs is 1. The zero-order valence-corrected chi connectivity index (χ0v) is 17.5. The van der Waals surface area contributed by atoms with Gasteiger partial charge in [-0.1, -0.05) is 42.5 Å². The summed E-state index contributed by atoms with van der Waals surface area (Å²) in [6, 6.07) is 16.8. The molecule has 1 atom stereocenters. The molecule has 0 saturated heterocycles. The van der Waals surface area contributed by atoms with Crippen LogP contribution < -0.4 is 5.32 Å². The third-order valence-electron chi connectivity index (χ3n) is 5.59. The number of aliphatic hydroxyl groups excluding tert-OH is 1. The summed E-state index contributed by atoms with van der Waals surface area (Å²) < 4.78 is 1.69. The highest BCUT2D eigenvalue weighted by atomic mass is 16.3. The molecular weight excluding hydrogens is 404 g/mol. The number of aromatic nitrogens is 4. The van der Waals surface area contributed by atoms with Crippen LogP contribution in [-0.4, -0.2) is 42.3 Å². The van der Waals surface area contributed by atoms with Crippen molar-refractivity contribution >= 4 is 17.5 Å². The van der Waals surface area contributed by atoms with E-state index in [1.807, 2.05) is 67.8 Å². The van der Waals surface area contributed by atoms with E-state index in [1.165, 1.54) is 0 Å². The fourth-order valence-electron chi connectivity index (χ4n) is 3.99. The lowest BCUT2D eigenvalue weighted by Crippen LogP contribution is -2.31. The summed E-state index contributed by atoms with van der Waals surface area (Å²) in [5, 5.41) is 17.3. The SMILES string of the molecule is Cn1cc(Nc2nccc(-c3ccc4c(c3)C(=O)N(C(CO)c3ccccc3)C4)n2)cn1. The van der Waals surface area contributed by atoms with Gasteiger partial charge in [0.2, 0.25) is 5.95 Å². The van der Waals surface area contributed by atoms with Crippen LogP contribution in [0.15, 0.2) is 73.2 Å². The minimum Gasteiger partial charge on any atom is -0.394 e. The van der Waals surface area contributed by atoms with Crippen molar-refractivity contribution in [3.63, 3.8) is 0 Å². The number of hydrogen-bond acceptors (Lipinski definition) is 6. The molecule has 160 valence electrons. The van der Waals surface area contributed by atoms with Crippen LogP contribution in [0.2, 0.25) is 0 Å². The van der Waals surface area contributed by atoms with E-state index < -0.39 is 0 Å². The van der Waals surface area contributed by atoms with Crippen molar-refractivity contribution in [1.82, 2.24) is 24.6 Å². The van der Waals surface area contributed by atoms with Crippen LogP contribution in [0.1, 0.15) is 27.5 Å². The zero-order chi connectivity index (χ0) is 22.1. The minimum atomic E-state index is -0.381. The highest BCUT2D eigenvalue weighted by Gasteiger charge is 2.33. The minimum absolute atomic E-state index is 0.0903. The Kier molecular flexibility index (Phi) is 5.12. The first-order valence-corrected chi connectivity index (χ1v) is 10.3. The monoisotopic (exact) mass is 426 g/mol. The lowest BCUT2D eigenvalue weighted by molar-refractivity contribution is 0.0615. The van der Waals surface area contributed by atoms with Gasteiger partial charge in [0.25, 0.3) is 5.91 Å². The number of carbonyl (C=O) groups is 1. The van der Waals surface area contributed by atoms with Gasteiger partial charge in [0.1, 0.15) is 0 Å². The second-order valence-corrected chi connectivity index (χ2v) is 7.71. The third-order valence-corrected chi connectivity index (χ3v) is 5.59. The van der Waals surface area contributed by atoms with Crippen LogP contribution in [0, 0.1) is 0 Å². The molecule has 1 aliphatic rings. The van der Waals surface area contributed by atoms with E-state index in [0.717, 1.165) is 22.4 Å². The molecule has 2 aromatic carbocycles. The van der Waals surface area contributed by atoms with E-state index >= 15 is 0 Å². The highest BCUT2D eigenvalue weighted by molar-refractivity contribution is 5.99. The van der Waals surface area contributed by atoms with Crippen LogP contribution in [0.3, 0.4) is 0 Å². The Hall–Kier alpha value is -4.04. The van der Waals surface area contributed by atoms with Crippen LogP contribution in [0.25, 0.3) is 11.3 Å². The maximum absolute atomic E-state index is 13.2. The summed E-state index contributed by atoms with van der Waals surface area (Å²) in [6.45, 7) is 0.331. The third kappa shape index (κ3) is 3.72. The van der Waals surface area contributed by atoms with Gasteiger partial charge in [0.15, 0.2) is 0 Å².